The van der Waals surface area contributed by atoms with Gasteiger partial charge in [-0.25, -0.2) is 0 Å². The highest BCUT2D eigenvalue weighted by Gasteiger charge is 2.12. The van der Waals surface area contributed by atoms with Gasteiger partial charge in [0.2, 0.25) is 0 Å². The van der Waals surface area contributed by atoms with Crippen molar-refractivity contribution >= 4 is 0 Å². The van der Waals surface area contributed by atoms with Crippen molar-refractivity contribution in [2.75, 3.05) is 0 Å². The third kappa shape index (κ3) is 3.23. The second-order valence-electron chi connectivity index (χ2n) is 4.85. The van der Waals surface area contributed by atoms with Crippen LogP contribution in [0.1, 0.15) is 41.5 Å². The molecule has 0 saturated heterocycles. The maximum Gasteiger partial charge on any atom is 0.105 e. The van der Waals surface area contributed by atoms with Gasteiger partial charge in [-0.2, -0.15) is 0 Å². The van der Waals surface area contributed by atoms with Crippen LogP contribution in [0.5, 0.6) is 0 Å². The van der Waals surface area contributed by atoms with Crippen molar-refractivity contribution in [3.8, 4) is 0 Å². The van der Waals surface area contributed by atoms with Crippen LogP contribution in [0.2, 0.25) is 0 Å². The van der Waals surface area contributed by atoms with E-state index in [0.29, 0.717) is 0 Å². The highest BCUT2D eigenvalue weighted by Crippen LogP contribution is 2.23. The van der Waals surface area contributed by atoms with Crippen molar-refractivity contribution in [2.24, 2.45) is 5.73 Å². The Balaban J connectivity index is 1.85. The molecule has 0 fully saturated rings. The minimum absolute atomic E-state index is 0.0890. The predicted molar refractivity (Wildman–Crippen MR) is 74.5 cm³/mol. The Morgan fingerprint density at radius 3 is 2.50 bits per heavy atom. The van der Waals surface area contributed by atoms with Crippen LogP contribution in [0.3, 0.4) is 0 Å². The Kier molecular flexibility index (Phi) is 4.21. The number of hydrogen-bond donors (Lipinski definition) is 1. The van der Waals surface area contributed by atoms with Gasteiger partial charge >= 0.3 is 0 Å². The molecule has 0 saturated carbocycles. The van der Waals surface area contributed by atoms with Gasteiger partial charge in [0.1, 0.15) is 11.5 Å². The summed E-state index contributed by atoms with van der Waals surface area (Å²) >= 11 is 0. The number of aryl methyl sites for hydroxylation is 3. The minimum Gasteiger partial charge on any atom is -0.466 e. The van der Waals surface area contributed by atoms with Crippen LogP contribution < -0.4 is 5.73 Å². The highest BCUT2D eigenvalue weighted by atomic mass is 16.3. The number of furan rings is 1. The van der Waals surface area contributed by atoms with Gasteiger partial charge in [-0.05, 0) is 44.7 Å². The van der Waals surface area contributed by atoms with Gasteiger partial charge in [-0.3, -0.25) is 0 Å². The van der Waals surface area contributed by atoms with Gasteiger partial charge in [0.25, 0.3) is 0 Å². The average Bonchev–Trinajstić information content (AvgIpc) is 2.70. The molecule has 18 heavy (non-hydrogen) atoms. The summed E-state index contributed by atoms with van der Waals surface area (Å²) in [4.78, 5) is 0. The standard InChI is InChI=1S/C16H21NO/c1-12-11-15(13(2)18-12)16(17)10-6-9-14-7-4-3-5-8-14/h3-5,7-8,11,16H,6,9-10,17H2,1-2H3. The first-order chi connectivity index (χ1) is 8.66. The Morgan fingerprint density at radius 1 is 1.17 bits per heavy atom. The van der Waals surface area contributed by atoms with E-state index in [1.807, 2.05) is 19.9 Å². The highest BCUT2D eigenvalue weighted by molar-refractivity contribution is 5.23. The zero-order valence-corrected chi connectivity index (χ0v) is 11.1. The van der Waals surface area contributed by atoms with E-state index in [-0.39, 0.29) is 6.04 Å². The van der Waals surface area contributed by atoms with Gasteiger partial charge in [0.05, 0.1) is 0 Å². The second-order valence-corrected chi connectivity index (χ2v) is 4.85. The largest absolute Gasteiger partial charge is 0.466 e. The fourth-order valence-electron chi connectivity index (χ4n) is 2.34. The van der Waals surface area contributed by atoms with Gasteiger partial charge in [-0.15, -0.1) is 0 Å². The molecule has 0 amide bonds. The van der Waals surface area contributed by atoms with Crippen molar-refractivity contribution in [1.82, 2.24) is 0 Å². The van der Waals surface area contributed by atoms with E-state index >= 15 is 0 Å². The molecule has 1 atom stereocenters. The molecule has 96 valence electrons. The molecular formula is C16H21NO. The lowest BCUT2D eigenvalue weighted by Crippen LogP contribution is -2.10. The number of benzene rings is 1. The molecule has 0 bridgehead atoms. The summed E-state index contributed by atoms with van der Waals surface area (Å²) in [6, 6.07) is 12.7. The van der Waals surface area contributed by atoms with Crippen LogP contribution in [0.25, 0.3) is 0 Å². The smallest absolute Gasteiger partial charge is 0.105 e. The van der Waals surface area contributed by atoms with Crippen molar-refractivity contribution < 1.29 is 4.42 Å². The third-order valence-corrected chi connectivity index (χ3v) is 3.30. The van der Waals surface area contributed by atoms with Crippen LogP contribution in [-0.2, 0) is 6.42 Å². The minimum atomic E-state index is 0.0890. The zero-order chi connectivity index (χ0) is 13.0. The monoisotopic (exact) mass is 243 g/mol. The molecule has 1 aromatic carbocycles. The molecule has 0 aliphatic carbocycles. The summed E-state index contributed by atoms with van der Waals surface area (Å²) in [6.45, 7) is 3.95. The van der Waals surface area contributed by atoms with Crippen molar-refractivity contribution in [3.63, 3.8) is 0 Å². The summed E-state index contributed by atoms with van der Waals surface area (Å²) in [5.41, 5.74) is 8.75. The molecular weight excluding hydrogens is 222 g/mol. The van der Waals surface area contributed by atoms with Crippen LogP contribution in [0.15, 0.2) is 40.8 Å². The van der Waals surface area contributed by atoms with Gasteiger partial charge in [-0.1, -0.05) is 30.3 Å². The van der Waals surface area contributed by atoms with Crippen LogP contribution in [0, 0.1) is 13.8 Å². The predicted octanol–water partition coefficient (Wildman–Crippen LogP) is 3.92. The van der Waals surface area contributed by atoms with Crippen molar-refractivity contribution in [3.05, 3.63) is 59.0 Å². The lowest BCUT2D eigenvalue weighted by Gasteiger charge is -2.10. The number of hydrogen-bond acceptors (Lipinski definition) is 2. The lowest BCUT2D eigenvalue weighted by atomic mass is 10.00. The SMILES string of the molecule is Cc1cc(C(N)CCCc2ccccc2)c(C)o1. The topological polar surface area (TPSA) is 39.2 Å². The summed E-state index contributed by atoms with van der Waals surface area (Å²) in [7, 11) is 0. The first-order valence-corrected chi connectivity index (χ1v) is 6.53. The lowest BCUT2D eigenvalue weighted by molar-refractivity contribution is 0.494. The van der Waals surface area contributed by atoms with E-state index in [4.69, 9.17) is 10.2 Å². The molecule has 1 heterocycles. The fraction of sp³-hybridized carbons (Fsp3) is 0.375. The molecule has 2 N–H and O–H groups in total. The number of nitrogens with two attached hydrogens (primary N) is 1. The van der Waals surface area contributed by atoms with Crippen LogP contribution >= 0.6 is 0 Å². The molecule has 0 aliphatic heterocycles. The van der Waals surface area contributed by atoms with E-state index in [1.165, 1.54) is 5.56 Å². The molecule has 0 spiro atoms. The Morgan fingerprint density at radius 2 is 1.89 bits per heavy atom. The summed E-state index contributed by atoms with van der Waals surface area (Å²) in [6.07, 6.45) is 3.19. The third-order valence-electron chi connectivity index (χ3n) is 3.30. The summed E-state index contributed by atoms with van der Waals surface area (Å²) in [5, 5.41) is 0. The first-order valence-electron chi connectivity index (χ1n) is 6.53. The normalized spacial score (nSPS) is 12.6. The van der Waals surface area contributed by atoms with E-state index in [1.54, 1.807) is 0 Å². The molecule has 2 aromatic rings. The van der Waals surface area contributed by atoms with E-state index in [9.17, 15) is 0 Å². The summed E-state index contributed by atoms with van der Waals surface area (Å²) < 4.78 is 5.52. The zero-order valence-electron chi connectivity index (χ0n) is 11.1. The van der Waals surface area contributed by atoms with E-state index < -0.39 is 0 Å². The van der Waals surface area contributed by atoms with Crippen LogP contribution in [0.4, 0.5) is 0 Å². The molecule has 0 radical (unpaired) electrons. The quantitative estimate of drug-likeness (QED) is 0.864. The molecule has 0 aliphatic rings. The van der Waals surface area contributed by atoms with Crippen molar-refractivity contribution in [1.29, 1.82) is 0 Å². The summed E-state index contributed by atoms with van der Waals surface area (Å²) in [5.74, 6) is 1.90. The van der Waals surface area contributed by atoms with Gasteiger partial charge in [0, 0.05) is 11.6 Å². The van der Waals surface area contributed by atoms with Gasteiger partial charge < -0.3 is 10.2 Å². The van der Waals surface area contributed by atoms with Crippen molar-refractivity contribution in [2.45, 2.75) is 39.2 Å². The molecule has 1 unspecified atom stereocenters. The molecule has 2 nitrogen and oxygen atoms in total. The van der Waals surface area contributed by atoms with E-state index in [2.05, 4.69) is 30.3 Å². The van der Waals surface area contributed by atoms with E-state index in [0.717, 1.165) is 36.3 Å². The Labute approximate surface area is 109 Å². The first kappa shape index (κ1) is 12.9. The van der Waals surface area contributed by atoms with Crippen LogP contribution in [-0.4, -0.2) is 0 Å². The fourth-order valence-corrected chi connectivity index (χ4v) is 2.34. The molecule has 1 aromatic heterocycles. The Bertz CT molecular complexity index is 487. The average molecular weight is 243 g/mol. The maximum absolute atomic E-state index is 6.21. The maximum atomic E-state index is 6.21. The number of rotatable bonds is 5. The second kappa shape index (κ2) is 5.87. The molecule has 2 heteroatoms. The van der Waals surface area contributed by atoms with Gasteiger partial charge in [0.15, 0.2) is 0 Å². The molecule has 2 rings (SSSR count). The Hall–Kier alpha value is -1.54.